The summed E-state index contributed by atoms with van der Waals surface area (Å²) in [5, 5.41) is 10.7. The SMILES string of the molecule is O=C(Nc1ccc2ncnc(Nc3ccc(OCc4ccccn4)c(Cl)c3)c2c1)[C@@H]1CCCN1. The van der Waals surface area contributed by atoms with Crippen molar-refractivity contribution in [2.75, 3.05) is 17.2 Å². The lowest BCUT2D eigenvalue weighted by atomic mass is 10.1. The molecule has 9 heteroatoms. The molecule has 4 aromatic rings. The topological polar surface area (TPSA) is 101 Å². The number of pyridine rings is 1. The van der Waals surface area contributed by atoms with Gasteiger partial charge in [-0.1, -0.05) is 17.7 Å². The van der Waals surface area contributed by atoms with Crippen molar-refractivity contribution in [2.45, 2.75) is 25.5 Å². The summed E-state index contributed by atoms with van der Waals surface area (Å²) in [6.07, 6.45) is 5.07. The average molecular weight is 475 g/mol. The van der Waals surface area contributed by atoms with Gasteiger partial charge in [0.15, 0.2) is 0 Å². The number of anilines is 3. The van der Waals surface area contributed by atoms with Crippen LogP contribution in [0.4, 0.5) is 17.2 Å². The number of fused-ring (bicyclic) bond motifs is 1. The molecular formula is C25H23ClN6O2. The third kappa shape index (κ3) is 5.08. The Labute approximate surface area is 201 Å². The van der Waals surface area contributed by atoms with E-state index in [4.69, 9.17) is 16.3 Å². The molecule has 0 radical (unpaired) electrons. The van der Waals surface area contributed by atoms with E-state index in [1.165, 1.54) is 6.33 Å². The first kappa shape index (κ1) is 22.1. The second-order valence-electron chi connectivity index (χ2n) is 7.97. The predicted molar refractivity (Wildman–Crippen MR) is 132 cm³/mol. The maximum atomic E-state index is 12.5. The number of aromatic nitrogens is 3. The van der Waals surface area contributed by atoms with Crippen LogP contribution in [0.15, 0.2) is 67.1 Å². The van der Waals surface area contributed by atoms with E-state index < -0.39 is 0 Å². The van der Waals surface area contributed by atoms with Crippen molar-refractivity contribution in [3.63, 3.8) is 0 Å². The largest absolute Gasteiger partial charge is 0.486 e. The van der Waals surface area contributed by atoms with E-state index in [-0.39, 0.29) is 11.9 Å². The van der Waals surface area contributed by atoms with Crippen LogP contribution < -0.4 is 20.7 Å². The molecule has 2 aromatic heterocycles. The maximum Gasteiger partial charge on any atom is 0.241 e. The molecule has 2 aromatic carbocycles. The van der Waals surface area contributed by atoms with Crippen LogP contribution in [0.25, 0.3) is 10.9 Å². The first-order chi connectivity index (χ1) is 16.7. The van der Waals surface area contributed by atoms with Crippen molar-refractivity contribution < 1.29 is 9.53 Å². The Morgan fingerprint density at radius 2 is 2.00 bits per heavy atom. The molecule has 5 rings (SSSR count). The molecule has 0 unspecified atom stereocenters. The van der Waals surface area contributed by atoms with Crippen LogP contribution >= 0.6 is 11.6 Å². The van der Waals surface area contributed by atoms with Crippen molar-refractivity contribution in [1.29, 1.82) is 0 Å². The summed E-state index contributed by atoms with van der Waals surface area (Å²) in [5.41, 5.74) is 3.02. The second kappa shape index (κ2) is 10.0. The summed E-state index contributed by atoms with van der Waals surface area (Å²) in [6.45, 7) is 1.20. The van der Waals surface area contributed by atoms with Gasteiger partial charge < -0.3 is 20.7 Å². The van der Waals surface area contributed by atoms with Crippen LogP contribution in [0.3, 0.4) is 0 Å². The van der Waals surface area contributed by atoms with Crippen LogP contribution in [-0.2, 0) is 11.4 Å². The molecule has 1 aliphatic rings. The Kier molecular flexibility index (Phi) is 6.51. The smallest absolute Gasteiger partial charge is 0.241 e. The van der Waals surface area contributed by atoms with Crippen LogP contribution in [0.5, 0.6) is 5.75 Å². The van der Waals surface area contributed by atoms with Crippen LogP contribution in [0.1, 0.15) is 18.5 Å². The number of carbonyl (C=O) groups is 1. The number of hydrogen-bond acceptors (Lipinski definition) is 7. The molecule has 1 saturated heterocycles. The zero-order chi connectivity index (χ0) is 23.3. The number of rotatable bonds is 7. The van der Waals surface area contributed by atoms with Crippen molar-refractivity contribution in [2.24, 2.45) is 0 Å². The Morgan fingerprint density at radius 1 is 1.09 bits per heavy atom. The molecule has 0 saturated carbocycles. The molecule has 0 aliphatic carbocycles. The second-order valence-corrected chi connectivity index (χ2v) is 8.38. The minimum Gasteiger partial charge on any atom is -0.486 e. The lowest BCUT2D eigenvalue weighted by Gasteiger charge is -2.13. The van der Waals surface area contributed by atoms with E-state index in [0.29, 0.717) is 28.9 Å². The maximum absolute atomic E-state index is 12.5. The highest BCUT2D eigenvalue weighted by atomic mass is 35.5. The lowest BCUT2D eigenvalue weighted by molar-refractivity contribution is -0.117. The number of carbonyl (C=O) groups excluding carboxylic acids is 1. The van der Waals surface area contributed by atoms with E-state index in [9.17, 15) is 4.79 Å². The van der Waals surface area contributed by atoms with Gasteiger partial charge in [-0.05, 0) is 67.9 Å². The molecule has 1 atom stereocenters. The highest BCUT2D eigenvalue weighted by molar-refractivity contribution is 6.32. The number of ether oxygens (including phenoxy) is 1. The quantitative estimate of drug-likeness (QED) is 0.357. The van der Waals surface area contributed by atoms with Gasteiger partial charge in [-0.2, -0.15) is 0 Å². The molecule has 1 amide bonds. The van der Waals surface area contributed by atoms with E-state index in [0.717, 1.165) is 41.7 Å². The summed E-state index contributed by atoms with van der Waals surface area (Å²) in [5.74, 6) is 1.14. The van der Waals surface area contributed by atoms with Gasteiger partial charge in [-0.3, -0.25) is 9.78 Å². The molecule has 0 spiro atoms. The van der Waals surface area contributed by atoms with Gasteiger partial charge in [-0.25, -0.2) is 9.97 Å². The first-order valence-electron chi connectivity index (χ1n) is 11.0. The summed E-state index contributed by atoms with van der Waals surface area (Å²) in [4.78, 5) is 25.5. The average Bonchev–Trinajstić information content (AvgIpc) is 3.40. The fourth-order valence-corrected chi connectivity index (χ4v) is 4.07. The highest BCUT2D eigenvalue weighted by Gasteiger charge is 2.22. The van der Waals surface area contributed by atoms with Gasteiger partial charge in [0.2, 0.25) is 5.91 Å². The summed E-state index contributed by atoms with van der Waals surface area (Å²) in [6, 6.07) is 16.5. The zero-order valence-corrected chi connectivity index (χ0v) is 19.0. The summed E-state index contributed by atoms with van der Waals surface area (Å²) >= 11 is 6.45. The minimum absolute atomic E-state index is 0.0312. The Bertz CT molecular complexity index is 1310. The Hall–Kier alpha value is -3.75. The number of amides is 1. The van der Waals surface area contributed by atoms with E-state index >= 15 is 0 Å². The van der Waals surface area contributed by atoms with Crippen LogP contribution in [0, 0.1) is 0 Å². The predicted octanol–water partition coefficient (Wildman–Crippen LogP) is 4.69. The van der Waals surface area contributed by atoms with Crippen molar-refractivity contribution in [3.8, 4) is 5.75 Å². The standard InChI is InChI=1S/C25H23ClN6O2/c26-20-13-17(7-9-23(20)34-14-18-4-1-2-10-27-18)31-24-19-12-16(6-8-21(19)29-15-30-24)32-25(33)22-5-3-11-28-22/h1-2,4,6-10,12-13,15,22,28H,3,5,11,14H2,(H,32,33)(H,29,30,31)/t22-/m0/s1. The van der Waals surface area contributed by atoms with Gasteiger partial charge in [0.1, 0.15) is 24.5 Å². The first-order valence-corrected chi connectivity index (χ1v) is 11.4. The molecule has 8 nitrogen and oxygen atoms in total. The third-order valence-corrected chi connectivity index (χ3v) is 5.87. The summed E-state index contributed by atoms with van der Waals surface area (Å²) in [7, 11) is 0. The number of hydrogen-bond donors (Lipinski definition) is 3. The van der Waals surface area contributed by atoms with Gasteiger partial charge >= 0.3 is 0 Å². The normalized spacial score (nSPS) is 15.3. The number of nitrogens with one attached hydrogen (secondary N) is 3. The van der Waals surface area contributed by atoms with Crippen LogP contribution in [-0.4, -0.2) is 33.4 Å². The van der Waals surface area contributed by atoms with Gasteiger partial charge in [-0.15, -0.1) is 0 Å². The Morgan fingerprint density at radius 3 is 2.79 bits per heavy atom. The molecule has 3 N–H and O–H groups in total. The van der Waals surface area contributed by atoms with Crippen LogP contribution in [0.2, 0.25) is 5.02 Å². The zero-order valence-electron chi connectivity index (χ0n) is 18.3. The number of benzene rings is 2. The molecule has 0 bridgehead atoms. The molecule has 1 fully saturated rings. The van der Waals surface area contributed by atoms with Gasteiger partial charge in [0.25, 0.3) is 0 Å². The minimum atomic E-state index is -0.152. The summed E-state index contributed by atoms with van der Waals surface area (Å²) < 4.78 is 5.80. The fourth-order valence-electron chi connectivity index (χ4n) is 3.84. The van der Waals surface area contributed by atoms with Crippen molar-refractivity contribution in [1.82, 2.24) is 20.3 Å². The monoisotopic (exact) mass is 474 g/mol. The van der Waals surface area contributed by atoms with Gasteiger partial charge in [0.05, 0.1) is 22.3 Å². The molecule has 172 valence electrons. The van der Waals surface area contributed by atoms with E-state index in [2.05, 4.69) is 30.9 Å². The Balaban J connectivity index is 1.32. The molecular weight excluding hydrogens is 452 g/mol. The van der Waals surface area contributed by atoms with Crippen molar-refractivity contribution >= 4 is 45.6 Å². The molecule has 34 heavy (non-hydrogen) atoms. The molecule has 3 heterocycles. The lowest BCUT2D eigenvalue weighted by Crippen LogP contribution is -2.35. The van der Waals surface area contributed by atoms with E-state index in [1.807, 2.05) is 42.5 Å². The molecule has 1 aliphatic heterocycles. The number of nitrogens with zero attached hydrogens (tertiary/aromatic N) is 3. The van der Waals surface area contributed by atoms with Crippen molar-refractivity contribution in [3.05, 3.63) is 77.8 Å². The highest BCUT2D eigenvalue weighted by Crippen LogP contribution is 2.31. The number of halogens is 1. The van der Waals surface area contributed by atoms with E-state index in [1.54, 1.807) is 18.3 Å². The fraction of sp³-hybridized carbons (Fsp3) is 0.200. The third-order valence-electron chi connectivity index (χ3n) is 5.58. The van der Waals surface area contributed by atoms with Gasteiger partial charge in [0, 0.05) is 23.0 Å².